The largest absolute Gasteiger partial charge is 0.494 e. The van der Waals surface area contributed by atoms with Crippen molar-refractivity contribution in [2.75, 3.05) is 11.9 Å². The highest BCUT2D eigenvalue weighted by Gasteiger charge is 2.14. The van der Waals surface area contributed by atoms with E-state index in [2.05, 4.69) is 22.4 Å². The number of aromatic nitrogens is 2. The van der Waals surface area contributed by atoms with Crippen molar-refractivity contribution in [3.8, 4) is 11.5 Å². The third kappa shape index (κ3) is 5.28. The normalized spacial score (nSPS) is 10.9. The molecule has 0 aliphatic carbocycles. The van der Waals surface area contributed by atoms with Crippen LogP contribution in [0.15, 0.2) is 60.7 Å². The van der Waals surface area contributed by atoms with Crippen LogP contribution >= 0.6 is 0 Å². The summed E-state index contributed by atoms with van der Waals surface area (Å²) in [4.78, 5) is 12.7. The molecule has 33 heavy (non-hydrogen) atoms. The molecule has 0 aliphatic rings. The van der Waals surface area contributed by atoms with Crippen molar-refractivity contribution in [2.24, 2.45) is 0 Å². The van der Waals surface area contributed by atoms with Gasteiger partial charge in [0.05, 0.1) is 17.7 Å². The van der Waals surface area contributed by atoms with E-state index in [1.165, 1.54) is 18.2 Å². The van der Waals surface area contributed by atoms with Crippen LogP contribution in [-0.4, -0.2) is 22.7 Å². The van der Waals surface area contributed by atoms with Gasteiger partial charge < -0.3 is 14.8 Å². The summed E-state index contributed by atoms with van der Waals surface area (Å²) in [5.74, 6) is -0.263. The summed E-state index contributed by atoms with van der Waals surface area (Å²) < 4.78 is 38.9. The molecular formula is C25H23F2N3O3. The van der Waals surface area contributed by atoms with Crippen molar-refractivity contribution in [3.63, 3.8) is 0 Å². The maximum absolute atomic E-state index is 13.8. The molecule has 3 aromatic carbocycles. The van der Waals surface area contributed by atoms with Crippen molar-refractivity contribution < 1.29 is 23.0 Å². The van der Waals surface area contributed by atoms with Crippen LogP contribution < -0.4 is 14.8 Å². The van der Waals surface area contributed by atoms with E-state index in [-0.39, 0.29) is 18.1 Å². The number of H-pyrrole nitrogens is 1. The van der Waals surface area contributed by atoms with Crippen LogP contribution in [0, 0.1) is 11.6 Å². The standard InChI is InChI=1S/C25H23F2N3O3/c1-2-3-13-32-17-9-7-16(8-10-17)25(31)28-24-19-14-18(11-12-23(19)29-30-24)33-15-20-21(26)5-4-6-22(20)27/h4-12,14H,2-3,13,15H2,1H3,(H2,28,29,30,31). The van der Waals surface area contributed by atoms with Crippen LogP contribution in [0.5, 0.6) is 11.5 Å². The van der Waals surface area contributed by atoms with Crippen molar-refractivity contribution >= 4 is 22.6 Å². The van der Waals surface area contributed by atoms with Crippen molar-refractivity contribution in [3.05, 3.63) is 83.4 Å². The van der Waals surface area contributed by atoms with Crippen molar-refractivity contribution in [2.45, 2.75) is 26.4 Å². The highest BCUT2D eigenvalue weighted by Crippen LogP contribution is 2.27. The molecule has 0 bridgehead atoms. The predicted octanol–water partition coefficient (Wildman–Crippen LogP) is 5.85. The Kier molecular flexibility index (Phi) is 6.83. The Morgan fingerprint density at radius 1 is 1.00 bits per heavy atom. The van der Waals surface area contributed by atoms with E-state index >= 15 is 0 Å². The lowest BCUT2D eigenvalue weighted by Crippen LogP contribution is -2.12. The monoisotopic (exact) mass is 451 g/mol. The van der Waals surface area contributed by atoms with Crippen LogP contribution in [0.4, 0.5) is 14.6 Å². The highest BCUT2D eigenvalue weighted by molar-refractivity contribution is 6.08. The number of fused-ring (bicyclic) bond motifs is 1. The summed E-state index contributed by atoms with van der Waals surface area (Å²) >= 11 is 0. The van der Waals surface area contributed by atoms with Crippen molar-refractivity contribution in [1.82, 2.24) is 10.2 Å². The summed E-state index contributed by atoms with van der Waals surface area (Å²) in [5.41, 5.74) is 0.978. The predicted molar refractivity (Wildman–Crippen MR) is 122 cm³/mol. The third-order valence-electron chi connectivity index (χ3n) is 5.09. The number of amides is 1. The first-order chi connectivity index (χ1) is 16.0. The number of carbonyl (C=O) groups excluding carboxylic acids is 1. The molecule has 4 aromatic rings. The summed E-state index contributed by atoms with van der Waals surface area (Å²) in [6.45, 7) is 2.46. The van der Waals surface area contributed by atoms with Crippen LogP contribution in [0.1, 0.15) is 35.7 Å². The van der Waals surface area contributed by atoms with Crippen LogP contribution in [0.2, 0.25) is 0 Å². The Balaban J connectivity index is 1.45. The second-order valence-corrected chi connectivity index (χ2v) is 7.45. The number of hydrogen-bond donors (Lipinski definition) is 2. The van der Waals surface area contributed by atoms with E-state index in [0.717, 1.165) is 12.8 Å². The smallest absolute Gasteiger partial charge is 0.256 e. The second-order valence-electron chi connectivity index (χ2n) is 7.45. The first-order valence-electron chi connectivity index (χ1n) is 10.6. The zero-order chi connectivity index (χ0) is 23.2. The summed E-state index contributed by atoms with van der Waals surface area (Å²) in [7, 11) is 0. The van der Waals surface area contributed by atoms with E-state index in [1.54, 1.807) is 42.5 Å². The molecule has 1 amide bonds. The third-order valence-corrected chi connectivity index (χ3v) is 5.09. The van der Waals surface area contributed by atoms with Gasteiger partial charge in [-0.3, -0.25) is 9.89 Å². The number of ether oxygens (including phenoxy) is 2. The number of halogens is 2. The first kappa shape index (κ1) is 22.3. The minimum absolute atomic E-state index is 0.152. The Labute approximate surface area is 189 Å². The molecule has 0 saturated heterocycles. The minimum atomic E-state index is -0.672. The first-order valence-corrected chi connectivity index (χ1v) is 10.6. The molecule has 0 aliphatic heterocycles. The van der Waals surface area contributed by atoms with Gasteiger partial charge in [0.15, 0.2) is 5.82 Å². The van der Waals surface area contributed by atoms with Gasteiger partial charge in [0.2, 0.25) is 0 Å². The molecule has 170 valence electrons. The SMILES string of the molecule is CCCCOc1ccc(C(=O)Nc2n[nH]c3ccc(OCc4c(F)cccc4F)cc23)cc1. The minimum Gasteiger partial charge on any atom is -0.494 e. The van der Waals surface area contributed by atoms with Gasteiger partial charge in [-0.15, -0.1) is 0 Å². The molecule has 6 nitrogen and oxygen atoms in total. The molecular weight excluding hydrogens is 428 g/mol. The quantitative estimate of drug-likeness (QED) is 0.313. The van der Waals surface area contributed by atoms with Gasteiger partial charge in [0.1, 0.15) is 29.7 Å². The second kappa shape index (κ2) is 10.1. The van der Waals surface area contributed by atoms with Gasteiger partial charge in [-0.1, -0.05) is 19.4 Å². The molecule has 0 saturated carbocycles. The number of anilines is 1. The summed E-state index contributed by atoms with van der Waals surface area (Å²) in [6.07, 6.45) is 2.01. The number of unbranched alkanes of at least 4 members (excludes halogenated alkanes) is 1. The number of benzene rings is 3. The Morgan fingerprint density at radius 3 is 2.45 bits per heavy atom. The van der Waals surface area contributed by atoms with E-state index in [0.29, 0.717) is 40.4 Å². The van der Waals surface area contributed by atoms with E-state index in [4.69, 9.17) is 9.47 Å². The number of carbonyl (C=O) groups is 1. The summed E-state index contributed by atoms with van der Waals surface area (Å²) in [5, 5.41) is 10.4. The number of rotatable bonds is 9. The fourth-order valence-corrected chi connectivity index (χ4v) is 3.22. The Morgan fingerprint density at radius 2 is 1.73 bits per heavy atom. The lowest BCUT2D eigenvalue weighted by Gasteiger charge is -2.09. The van der Waals surface area contributed by atoms with E-state index in [1.807, 2.05) is 0 Å². The number of aromatic amines is 1. The molecule has 0 fully saturated rings. The lowest BCUT2D eigenvalue weighted by molar-refractivity contribution is 0.102. The molecule has 0 atom stereocenters. The van der Waals surface area contributed by atoms with E-state index < -0.39 is 11.6 Å². The van der Waals surface area contributed by atoms with Crippen LogP contribution in [0.25, 0.3) is 10.9 Å². The molecule has 1 heterocycles. The molecule has 1 aromatic heterocycles. The maximum Gasteiger partial charge on any atom is 0.256 e. The van der Waals surface area contributed by atoms with Gasteiger partial charge in [0.25, 0.3) is 5.91 Å². The average Bonchev–Trinajstić information content (AvgIpc) is 3.21. The van der Waals surface area contributed by atoms with Crippen LogP contribution in [0.3, 0.4) is 0 Å². The van der Waals surface area contributed by atoms with Crippen molar-refractivity contribution in [1.29, 1.82) is 0 Å². The highest BCUT2D eigenvalue weighted by atomic mass is 19.1. The number of nitrogens with zero attached hydrogens (tertiary/aromatic N) is 1. The fourth-order valence-electron chi connectivity index (χ4n) is 3.22. The number of nitrogens with one attached hydrogen (secondary N) is 2. The maximum atomic E-state index is 13.8. The molecule has 0 unspecified atom stereocenters. The van der Waals surface area contributed by atoms with Gasteiger partial charge >= 0.3 is 0 Å². The molecule has 2 N–H and O–H groups in total. The average molecular weight is 451 g/mol. The topological polar surface area (TPSA) is 76.2 Å². The van der Waals surface area contributed by atoms with Gasteiger partial charge in [0, 0.05) is 10.9 Å². The van der Waals surface area contributed by atoms with E-state index in [9.17, 15) is 13.6 Å². The molecule has 0 radical (unpaired) electrons. The fraction of sp³-hybridized carbons (Fsp3) is 0.200. The van der Waals surface area contributed by atoms with Gasteiger partial charge in [-0.25, -0.2) is 8.78 Å². The lowest BCUT2D eigenvalue weighted by atomic mass is 10.2. The number of hydrogen-bond acceptors (Lipinski definition) is 4. The molecule has 0 spiro atoms. The summed E-state index contributed by atoms with van der Waals surface area (Å²) in [6, 6.07) is 15.5. The van der Waals surface area contributed by atoms with Gasteiger partial charge in [-0.2, -0.15) is 5.10 Å². The zero-order valence-electron chi connectivity index (χ0n) is 18.0. The van der Waals surface area contributed by atoms with Gasteiger partial charge in [-0.05, 0) is 61.0 Å². The molecule has 8 heteroatoms. The Hall–Kier alpha value is -3.94. The Bertz CT molecular complexity index is 1240. The zero-order valence-corrected chi connectivity index (χ0v) is 18.0. The molecule has 4 rings (SSSR count). The van der Waals surface area contributed by atoms with Crippen LogP contribution in [-0.2, 0) is 6.61 Å².